The normalized spacial score (nSPS) is 12.2. The predicted molar refractivity (Wildman–Crippen MR) is 116 cm³/mol. The summed E-state index contributed by atoms with van der Waals surface area (Å²) in [7, 11) is 0. The minimum atomic E-state index is -4.47. The van der Waals surface area contributed by atoms with Crippen molar-refractivity contribution in [3.8, 4) is 0 Å². The average molecular weight is 496 g/mol. The molecule has 0 bridgehead atoms. The highest BCUT2D eigenvalue weighted by atomic mass is 19.4. The van der Waals surface area contributed by atoms with Gasteiger partial charge in [-0.2, -0.15) is 36.3 Å². The molecule has 0 aliphatic heterocycles. The molecule has 0 atom stereocenters. The summed E-state index contributed by atoms with van der Waals surface area (Å²) in [5.41, 5.74) is -0.0210. The largest absolute Gasteiger partial charge is 0.416 e. The van der Waals surface area contributed by atoms with Crippen LogP contribution in [0.15, 0.2) is 54.9 Å². The van der Waals surface area contributed by atoms with E-state index in [4.69, 9.17) is 5.11 Å². The van der Waals surface area contributed by atoms with Gasteiger partial charge in [0.1, 0.15) is 0 Å². The van der Waals surface area contributed by atoms with Gasteiger partial charge >= 0.3 is 12.4 Å². The van der Waals surface area contributed by atoms with Gasteiger partial charge < -0.3 is 20.3 Å². The van der Waals surface area contributed by atoms with Gasteiger partial charge in [0.15, 0.2) is 17.0 Å². The summed E-state index contributed by atoms with van der Waals surface area (Å²) in [6.45, 7) is 0.113. The van der Waals surface area contributed by atoms with Crippen molar-refractivity contribution in [3.63, 3.8) is 0 Å². The lowest BCUT2D eigenvalue weighted by atomic mass is 10.1. The van der Waals surface area contributed by atoms with Crippen molar-refractivity contribution in [3.05, 3.63) is 71.5 Å². The Morgan fingerprint density at radius 3 is 2.00 bits per heavy atom. The van der Waals surface area contributed by atoms with Crippen LogP contribution >= 0.6 is 0 Å². The SMILES string of the molecule is OCCNc1nc(Nc2ccc(C(F)(F)F)cc2)nc2c1ncn2Cc1ccc(C(F)(F)F)cc1. The standard InChI is InChI=1S/C22H18F6N6O/c23-21(24,25)14-3-1-13(2-4-14)11-34-12-30-17-18(29-9-10-35)32-20(33-19(17)34)31-16-7-5-15(6-8-16)22(26,27)28/h1-8,12,35H,9-11H2,(H2,29,31,32,33). The third-order valence-corrected chi connectivity index (χ3v) is 4.97. The van der Waals surface area contributed by atoms with Crippen molar-refractivity contribution >= 4 is 28.6 Å². The van der Waals surface area contributed by atoms with Crippen LogP contribution in [0.4, 0.5) is 43.8 Å². The van der Waals surface area contributed by atoms with E-state index in [0.717, 1.165) is 24.3 Å². The van der Waals surface area contributed by atoms with Crippen LogP contribution in [0.1, 0.15) is 16.7 Å². The van der Waals surface area contributed by atoms with Crippen molar-refractivity contribution < 1.29 is 31.4 Å². The van der Waals surface area contributed by atoms with Gasteiger partial charge in [-0.05, 0) is 42.0 Å². The Labute approximate surface area is 194 Å². The Morgan fingerprint density at radius 2 is 1.43 bits per heavy atom. The van der Waals surface area contributed by atoms with Gasteiger partial charge in [0.2, 0.25) is 5.95 Å². The molecule has 2 aromatic carbocycles. The maximum atomic E-state index is 12.8. The number of aliphatic hydroxyl groups is 1. The van der Waals surface area contributed by atoms with E-state index in [9.17, 15) is 26.3 Å². The Bertz CT molecular complexity index is 1300. The van der Waals surface area contributed by atoms with E-state index in [1.54, 1.807) is 4.57 Å². The van der Waals surface area contributed by atoms with E-state index < -0.39 is 23.5 Å². The van der Waals surface area contributed by atoms with E-state index >= 15 is 0 Å². The zero-order chi connectivity index (χ0) is 25.2. The summed E-state index contributed by atoms with van der Waals surface area (Å²) < 4.78 is 78.6. The van der Waals surface area contributed by atoms with Crippen LogP contribution in [0.3, 0.4) is 0 Å². The number of hydrogen-bond acceptors (Lipinski definition) is 6. The summed E-state index contributed by atoms with van der Waals surface area (Å²) in [5, 5.41) is 14.9. The molecule has 0 saturated carbocycles. The minimum absolute atomic E-state index is 0.0480. The quantitative estimate of drug-likeness (QED) is 0.310. The second kappa shape index (κ2) is 9.41. The van der Waals surface area contributed by atoms with Gasteiger partial charge in [0, 0.05) is 12.2 Å². The molecule has 2 aromatic heterocycles. The molecule has 0 spiro atoms. The maximum Gasteiger partial charge on any atom is 0.416 e. The zero-order valence-electron chi connectivity index (χ0n) is 17.8. The molecule has 13 heteroatoms. The number of imidazole rings is 1. The number of nitrogens with zero attached hydrogens (tertiary/aromatic N) is 4. The maximum absolute atomic E-state index is 12.8. The molecule has 0 radical (unpaired) electrons. The second-order valence-corrected chi connectivity index (χ2v) is 7.49. The zero-order valence-corrected chi connectivity index (χ0v) is 17.8. The Balaban J connectivity index is 1.65. The molecule has 0 aliphatic carbocycles. The number of aliphatic hydroxyl groups excluding tert-OH is 1. The number of halogens is 6. The van der Waals surface area contributed by atoms with Crippen LogP contribution in [0.5, 0.6) is 0 Å². The molecule has 0 unspecified atom stereocenters. The van der Waals surface area contributed by atoms with E-state index in [1.807, 2.05) is 0 Å². The van der Waals surface area contributed by atoms with Crippen LogP contribution in [-0.2, 0) is 18.9 Å². The van der Waals surface area contributed by atoms with E-state index in [-0.39, 0.29) is 31.5 Å². The number of fused-ring (bicyclic) bond motifs is 1. The van der Waals surface area contributed by atoms with Crippen molar-refractivity contribution in [1.29, 1.82) is 0 Å². The topological polar surface area (TPSA) is 87.9 Å². The molecule has 0 saturated heterocycles. The smallest absolute Gasteiger partial charge is 0.395 e. The first-order valence-electron chi connectivity index (χ1n) is 10.2. The minimum Gasteiger partial charge on any atom is -0.395 e. The van der Waals surface area contributed by atoms with Crippen LogP contribution < -0.4 is 10.6 Å². The lowest BCUT2D eigenvalue weighted by Crippen LogP contribution is -2.10. The fourth-order valence-corrected chi connectivity index (χ4v) is 3.28. The molecule has 4 aromatic rings. The summed E-state index contributed by atoms with van der Waals surface area (Å²) >= 11 is 0. The molecule has 2 heterocycles. The summed E-state index contributed by atoms with van der Waals surface area (Å²) in [6.07, 6.45) is -7.47. The van der Waals surface area contributed by atoms with Gasteiger partial charge in [0.05, 0.1) is 30.6 Å². The van der Waals surface area contributed by atoms with Crippen LogP contribution in [0.2, 0.25) is 0 Å². The van der Waals surface area contributed by atoms with Crippen LogP contribution in [0, 0.1) is 0 Å². The monoisotopic (exact) mass is 496 g/mol. The Hall–Kier alpha value is -3.87. The van der Waals surface area contributed by atoms with E-state index in [1.165, 1.54) is 30.6 Å². The van der Waals surface area contributed by atoms with Gasteiger partial charge in [-0.1, -0.05) is 12.1 Å². The van der Waals surface area contributed by atoms with Crippen molar-refractivity contribution in [2.75, 3.05) is 23.8 Å². The molecule has 0 amide bonds. The predicted octanol–water partition coefficient (Wildman–Crippen LogP) is 5.06. The summed E-state index contributed by atoms with van der Waals surface area (Å²) in [6, 6.07) is 8.96. The number of benzene rings is 2. The fraction of sp³-hybridized carbons (Fsp3) is 0.227. The second-order valence-electron chi connectivity index (χ2n) is 7.49. The third kappa shape index (κ3) is 5.62. The number of rotatable bonds is 7. The molecule has 0 aliphatic rings. The highest BCUT2D eigenvalue weighted by Gasteiger charge is 2.30. The van der Waals surface area contributed by atoms with Crippen LogP contribution in [0.25, 0.3) is 11.2 Å². The van der Waals surface area contributed by atoms with Gasteiger partial charge in [-0.25, -0.2) is 4.98 Å². The number of nitrogens with one attached hydrogen (secondary N) is 2. The van der Waals surface area contributed by atoms with Gasteiger partial charge in [-0.3, -0.25) is 0 Å². The lowest BCUT2D eigenvalue weighted by Gasteiger charge is -2.12. The highest BCUT2D eigenvalue weighted by molar-refractivity contribution is 5.84. The number of alkyl halides is 6. The number of hydrogen-bond donors (Lipinski definition) is 3. The van der Waals surface area contributed by atoms with E-state index in [0.29, 0.717) is 22.4 Å². The van der Waals surface area contributed by atoms with Crippen molar-refractivity contribution in [1.82, 2.24) is 19.5 Å². The first-order chi connectivity index (χ1) is 16.5. The highest BCUT2D eigenvalue weighted by Crippen LogP contribution is 2.31. The molecule has 7 nitrogen and oxygen atoms in total. The molecule has 4 rings (SSSR count). The van der Waals surface area contributed by atoms with Crippen molar-refractivity contribution in [2.45, 2.75) is 18.9 Å². The Kier molecular flexibility index (Phi) is 6.52. The van der Waals surface area contributed by atoms with Gasteiger partial charge in [0.25, 0.3) is 0 Å². The summed E-state index contributed by atoms with van der Waals surface area (Å²) in [5.74, 6) is 0.316. The Morgan fingerprint density at radius 1 is 0.829 bits per heavy atom. The van der Waals surface area contributed by atoms with E-state index in [2.05, 4.69) is 25.6 Å². The molecule has 184 valence electrons. The van der Waals surface area contributed by atoms with Crippen molar-refractivity contribution in [2.24, 2.45) is 0 Å². The molecule has 3 N–H and O–H groups in total. The molecular weight excluding hydrogens is 478 g/mol. The molecular formula is C22H18F6N6O. The first-order valence-corrected chi connectivity index (χ1v) is 10.2. The number of anilines is 3. The molecule has 0 fully saturated rings. The van der Waals surface area contributed by atoms with Gasteiger partial charge in [-0.15, -0.1) is 0 Å². The molecule has 35 heavy (non-hydrogen) atoms. The average Bonchev–Trinajstić information content (AvgIpc) is 3.19. The number of aromatic nitrogens is 4. The first kappa shape index (κ1) is 24.3. The fourth-order valence-electron chi connectivity index (χ4n) is 3.28. The summed E-state index contributed by atoms with van der Waals surface area (Å²) in [4.78, 5) is 13.0. The lowest BCUT2D eigenvalue weighted by molar-refractivity contribution is -0.138. The van der Waals surface area contributed by atoms with Crippen LogP contribution in [-0.4, -0.2) is 37.8 Å². The third-order valence-electron chi connectivity index (χ3n) is 4.97.